The number of methoxy groups -OCH3 is 1. The normalized spacial score (nSPS) is 17.2. The molecule has 2 N–H and O–H groups in total. The second kappa shape index (κ2) is 6.81. The molecule has 0 bridgehead atoms. The fourth-order valence-electron chi connectivity index (χ4n) is 2.88. The summed E-state index contributed by atoms with van der Waals surface area (Å²) in [6.45, 7) is 1.99. The van der Waals surface area contributed by atoms with Gasteiger partial charge in [0.15, 0.2) is 0 Å². The Morgan fingerprint density at radius 2 is 2.05 bits per heavy atom. The van der Waals surface area contributed by atoms with Gasteiger partial charge in [0.2, 0.25) is 5.91 Å². The third-order valence-corrected chi connectivity index (χ3v) is 4.29. The van der Waals surface area contributed by atoms with Crippen LogP contribution in [0.4, 0.5) is 0 Å². The van der Waals surface area contributed by atoms with Gasteiger partial charge >= 0.3 is 5.97 Å². The monoisotopic (exact) mass is 305 g/mol. The first-order chi connectivity index (χ1) is 10.5. The number of nitrogens with one attached hydrogen (secondary N) is 1. The Morgan fingerprint density at radius 1 is 1.36 bits per heavy atom. The molecule has 1 aromatic rings. The van der Waals surface area contributed by atoms with E-state index in [0.29, 0.717) is 19.3 Å². The number of hydrogen-bond donors (Lipinski definition) is 2. The first-order valence-electron chi connectivity index (χ1n) is 7.63. The fourth-order valence-corrected chi connectivity index (χ4v) is 2.88. The van der Waals surface area contributed by atoms with Gasteiger partial charge in [0.25, 0.3) is 0 Å². The summed E-state index contributed by atoms with van der Waals surface area (Å²) in [6.07, 6.45) is 2.93. The molecule has 22 heavy (non-hydrogen) atoms. The van der Waals surface area contributed by atoms with Gasteiger partial charge in [-0.25, -0.2) is 4.79 Å². The summed E-state index contributed by atoms with van der Waals surface area (Å²) >= 11 is 0. The number of carbonyl (C=O) groups is 2. The average Bonchev–Trinajstić information content (AvgIpc) is 2.42. The van der Waals surface area contributed by atoms with Gasteiger partial charge < -0.3 is 15.2 Å². The molecule has 0 radical (unpaired) electrons. The van der Waals surface area contributed by atoms with E-state index in [1.165, 1.54) is 0 Å². The van der Waals surface area contributed by atoms with Gasteiger partial charge in [-0.15, -0.1) is 0 Å². The van der Waals surface area contributed by atoms with Crippen molar-refractivity contribution in [3.05, 3.63) is 29.8 Å². The highest BCUT2D eigenvalue weighted by atomic mass is 16.5. The molecule has 120 valence electrons. The van der Waals surface area contributed by atoms with Crippen LogP contribution in [0.2, 0.25) is 0 Å². The molecule has 1 unspecified atom stereocenters. The van der Waals surface area contributed by atoms with Crippen molar-refractivity contribution in [2.24, 2.45) is 5.92 Å². The van der Waals surface area contributed by atoms with Crippen LogP contribution in [-0.2, 0) is 16.0 Å². The number of para-hydroxylation sites is 1. The van der Waals surface area contributed by atoms with Crippen molar-refractivity contribution >= 4 is 11.9 Å². The highest BCUT2D eigenvalue weighted by Crippen LogP contribution is 2.32. The Kier molecular flexibility index (Phi) is 5.06. The predicted molar refractivity (Wildman–Crippen MR) is 82.8 cm³/mol. The predicted octanol–water partition coefficient (Wildman–Crippen LogP) is 2.39. The molecule has 5 nitrogen and oxygen atoms in total. The first-order valence-corrected chi connectivity index (χ1v) is 7.63. The molecule has 1 aliphatic carbocycles. The Balaban J connectivity index is 1.90. The zero-order chi connectivity index (χ0) is 16.2. The summed E-state index contributed by atoms with van der Waals surface area (Å²) in [5.41, 5.74) is 0.0308. The average molecular weight is 305 g/mol. The smallest absolute Gasteiger partial charge is 0.329 e. The third-order valence-electron chi connectivity index (χ3n) is 4.29. The van der Waals surface area contributed by atoms with Gasteiger partial charge in [0.1, 0.15) is 11.3 Å². The van der Waals surface area contributed by atoms with Crippen molar-refractivity contribution in [1.29, 1.82) is 0 Å². The van der Waals surface area contributed by atoms with Crippen molar-refractivity contribution < 1.29 is 19.4 Å². The molecule has 2 rings (SSSR count). The van der Waals surface area contributed by atoms with Crippen LogP contribution in [0.15, 0.2) is 24.3 Å². The maximum Gasteiger partial charge on any atom is 0.329 e. The van der Waals surface area contributed by atoms with Gasteiger partial charge in [-0.1, -0.05) is 25.1 Å². The molecule has 1 atom stereocenters. The molecular formula is C17H23NO4. The Morgan fingerprint density at radius 3 is 2.59 bits per heavy atom. The number of carbonyl (C=O) groups excluding carboxylic acids is 1. The number of aliphatic carboxylic acids is 1. The molecule has 0 aromatic heterocycles. The Hall–Kier alpha value is -2.04. The fraction of sp³-hybridized carbons (Fsp3) is 0.529. The molecule has 0 aliphatic heterocycles. The van der Waals surface area contributed by atoms with Crippen molar-refractivity contribution in [2.45, 2.75) is 44.6 Å². The summed E-state index contributed by atoms with van der Waals surface area (Å²) in [5, 5.41) is 11.9. The lowest BCUT2D eigenvalue weighted by atomic mass is 9.76. The Labute approximate surface area is 130 Å². The number of rotatable bonds is 7. The highest BCUT2D eigenvalue weighted by molar-refractivity contribution is 5.87. The van der Waals surface area contributed by atoms with Crippen LogP contribution in [0.5, 0.6) is 5.75 Å². The second-order valence-corrected chi connectivity index (χ2v) is 6.11. The molecule has 1 fully saturated rings. The van der Waals surface area contributed by atoms with E-state index in [4.69, 9.17) is 4.74 Å². The van der Waals surface area contributed by atoms with Crippen LogP contribution >= 0.6 is 0 Å². The van der Waals surface area contributed by atoms with Gasteiger partial charge in [0.05, 0.1) is 7.11 Å². The van der Waals surface area contributed by atoms with E-state index in [1.807, 2.05) is 31.2 Å². The summed E-state index contributed by atoms with van der Waals surface area (Å²) in [6, 6.07) is 7.74. The molecule has 0 spiro atoms. The molecule has 1 aliphatic rings. The number of hydrogen-bond acceptors (Lipinski definition) is 3. The standard InChI is InChI=1S/C17H23NO4/c1-12(10-13-6-3-4-7-14(13)22-2)11-15(19)18-17(16(20)21)8-5-9-17/h3-4,6-7,12H,5,8-11H2,1-2H3,(H,18,19)(H,20,21). The maximum absolute atomic E-state index is 12.1. The Bertz CT molecular complexity index is 551. The van der Waals surface area contributed by atoms with Crippen LogP contribution in [0.3, 0.4) is 0 Å². The zero-order valence-corrected chi connectivity index (χ0v) is 13.1. The van der Waals surface area contributed by atoms with E-state index in [9.17, 15) is 14.7 Å². The van der Waals surface area contributed by atoms with E-state index in [2.05, 4.69) is 5.32 Å². The van der Waals surface area contributed by atoms with E-state index in [1.54, 1.807) is 7.11 Å². The molecule has 1 amide bonds. The highest BCUT2D eigenvalue weighted by Gasteiger charge is 2.45. The van der Waals surface area contributed by atoms with E-state index in [0.717, 1.165) is 24.2 Å². The first kappa shape index (κ1) is 16.3. The van der Waals surface area contributed by atoms with Crippen LogP contribution in [-0.4, -0.2) is 29.6 Å². The summed E-state index contributed by atoms with van der Waals surface area (Å²) in [5.74, 6) is -0.188. The topological polar surface area (TPSA) is 75.6 Å². The van der Waals surface area contributed by atoms with Crippen molar-refractivity contribution in [3.8, 4) is 5.75 Å². The lowest BCUT2D eigenvalue weighted by Crippen LogP contribution is -2.59. The van der Waals surface area contributed by atoms with E-state index >= 15 is 0 Å². The largest absolute Gasteiger partial charge is 0.496 e. The zero-order valence-electron chi connectivity index (χ0n) is 13.1. The molecule has 1 saturated carbocycles. The minimum atomic E-state index is -1.03. The lowest BCUT2D eigenvalue weighted by Gasteiger charge is -2.38. The van der Waals surface area contributed by atoms with Gasteiger partial charge in [-0.05, 0) is 43.2 Å². The van der Waals surface area contributed by atoms with Gasteiger partial charge in [0, 0.05) is 6.42 Å². The molecular weight excluding hydrogens is 282 g/mol. The summed E-state index contributed by atoms with van der Waals surface area (Å²) < 4.78 is 5.31. The number of benzene rings is 1. The second-order valence-electron chi connectivity index (χ2n) is 6.11. The van der Waals surface area contributed by atoms with Crippen LogP contribution in [0, 0.1) is 5.92 Å². The molecule has 1 aromatic carbocycles. The minimum Gasteiger partial charge on any atom is -0.496 e. The molecule has 0 saturated heterocycles. The van der Waals surface area contributed by atoms with E-state index in [-0.39, 0.29) is 11.8 Å². The van der Waals surface area contributed by atoms with Gasteiger partial charge in [-0.2, -0.15) is 0 Å². The van der Waals surface area contributed by atoms with Crippen LogP contribution < -0.4 is 10.1 Å². The minimum absolute atomic E-state index is 0.113. The third kappa shape index (κ3) is 3.59. The van der Waals surface area contributed by atoms with E-state index < -0.39 is 11.5 Å². The van der Waals surface area contributed by atoms with Crippen molar-refractivity contribution in [2.75, 3.05) is 7.11 Å². The number of carboxylic acids is 1. The lowest BCUT2D eigenvalue weighted by molar-refractivity contribution is -0.151. The van der Waals surface area contributed by atoms with Gasteiger partial charge in [-0.3, -0.25) is 4.79 Å². The summed E-state index contributed by atoms with van der Waals surface area (Å²) in [4.78, 5) is 23.4. The number of amides is 1. The van der Waals surface area contributed by atoms with Crippen molar-refractivity contribution in [3.63, 3.8) is 0 Å². The maximum atomic E-state index is 12.1. The number of carboxylic acid groups (broad SMARTS) is 1. The van der Waals surface area contributed by atoms with Crippen molar-refractivity contribution in [1.82, 2.24) is 5.32 Å². The molecule has 5 heteroatoms. The molecule has 0 heterocycles. The SMILES string of the molecule is COc1ccccc1CC(C)CC(=O)NC1(C(=O)O)CCC1. The quantitative estimate of drug-likeness (QED) is 0.811. The summed E-state index contributed by atoms with van der Waals surface area (Å²) in [7, 11) is 1.63. The van der Waals surface area contributed by atoms with Crippen LogP contribution in [0.1, 0.15) is 38.2 Å². The number of ether oxygens (including phenoxy) is 1. The van der Waals surface area contributed by atoms with Crippen LogP contribution in [0.25, 0.3) is 0 Å².